The first-order chi connectivity index (χ1) is 9.13. The molecule has 1 unspecified atom stereocenters. The molecule has 0 radical (unpaired) electrons. The van der Waals surface area contributed by atoms with Crippen molar-refractivity contribution in [1.82, 2.24) is 5.32 Å². The van der Waals surface area contributed by atoms with Crippen LogP contribution in [0.1, 0.15) is 26.7 Å². The molecule has 1 atom stereocenters. The Morgan fingerprint density at radius 3 is 2.89 bits per heavy atom. The van der Waals surface area contributed by atoms with Crippen molar-refractivity contribution in [1.29, 1.82) is 0 Å². The maximum absolute atomic E-state index is 5.78. The largest absolute Gasteiger partial charge is 0.488 e. The van der Waals surface area contributed by atoms with Gasteiger partial charge in [-0.3, -0.25) is 0 Å². The van der Waals surface area contributed by atoms with Gasteiger partial charge in [-0.25, -0.2) is 4.99 Å². The van der Waals surface area contributed by atoms with Gasteiger partial charge in [-0.05, 0) is 41.4 Å². The van der Waals surface area contributed by atoms with Crippen molar-refractivity contribution in [2.75, 3.05) is 13.1 Å². The summed E-state index contributed by atoms with van der Waals surface area (Å²) in [6, 6.07) is 7.77. The number of guanidine groups is 1. The molecule has 0 saturated heterocycles. The summed E-state index contributed by atoms with van der Waals surface area (Å²) in [5.41, 5.74) is 5.76. The van der Waals surface area contributed by atoms with Gasteiger partial charge < -0.3 is 15.8 Å². The number of unbranched alkanes of at least 4 members (excludes halogenated alkanes) is 1. The Kier molecular flexibility index (Phi) is 7.33. The van der Waals surface area contributed by atoms with E-state index in [1.807, 2.05) is 31.2 Å². The molecule has 0 fully saturated rings. The number of nitrogens with zero attached hydrogens (tertiary/aromatic N) is 1. The second-order valence-electron chi connectivity index (χ2n) is 4.37. The second kappa shape index (κ2) is 8.80. The first-order valence-electron chi connectivity index (χ1n) is 6.58. The topological polar surface area (TPSA) is 59.6 Å². The molecule has 4 nitrogen and oxygen atoms in total. The second-order valence-corrected chi connectivity index (χ2v) is 5.22. The molecular weight excluding hydrogens is 306 g/mol. The third-order valence-corrected chi connectivity index (χ3v) is 3.18. The fraction of sp³-hybridized carbons (Fsp3) is 0.500. The number of hydrogen-bond donors (Lipinski definition) is 2. The fourth-order valence-electron chi connectivity index (χ4n) is 1.47. The van der Waals surface area contributed by atoms with Crippen LogP contribution in [0.15, 0.2) is 33.7 Å². The van der Waals surface area contributed by atoms with Crippen LogP contribution in [0.5, 0.6) is 5.75 Å². The van der Waals surface area contributed by atoms with E-state index in [0.29, 0.717) is 12.5 Å². The van der Waals surface area contributed by atoms with Crippen LogP contribution in [-0.2, 0) is 0 Å². The Balaban J connectivity index is 2.37. The lowest BCUT2D eigenvalue weighted by Gasteiger charge is -2.14. The first kappa shape index (κ1) is 15.8. The van der Waals surface area contributed by atoms with E-state index in [1.165, 1.54) is 0 Å². The summed E-state index contributed by atoms with van der Waals surface area (Å²) in [7, 11) is 0. The zero-order valence-electron chi connectivity index (χ0n) is 11.5. The monoisotopic (exact) mass is 327 g/mol. The van der Waals surface area contributed by atoms with E-state index < -0.39 is 0 Å². The average Bonchev–Trinajstić information content (AvgIpc) is 2.39. The fourth-order valence-corrected chi connectivity index (χ4v) is 1.85. The Morgan fingerprint density at radius 2 is 2.21 bits per heavy atom. The summed E-state index contributed by atoms with van der Waals surface area (Å²) in [6.45, 7) is 5.52. The van der Waals surface area contributed by atoms with Crippen LogP contribution in [-0.4, -0.2) is 25.2 Å². The molecule has 1 aromatic rings. The minimum absolute atomic E-state index is 0.0229. The van der Waals surface area contributed by atoms with Crippen molar-refractivity contribution in [3.05, 3.63) is 28.7 Å². The lowest BCUT2D eigenvalue weighted by Crippen LogP contribution is -2.33. The van der Waals surface area contributed by atoms with E-state index in [-0.39, 0.29) is 6.10 Å². The molecule has 0 aromatic heterocycles. The van der Waals surface area contributed by atoms with Crippen LogP contribution in [0.4, 0.5) is 0 Å². The van der Waals surface area contributed by atoms with Crippen LogP contribution >= 0.6 is 15.9 Å². The number of rotatable bonds is 7. The van der Waals surface area contributed by atoms with Gasteiger partial charge in [-0.1, -0.05) is 25.5 Å². The van der Waals surface area contributed by atoms with Crippen molar-refractivity contribution in [3.63, 3.8) is 0 Å². The van der Waals surface area contributed by atoms with E-state index >= 15 is 0 Å². The van der Waals surface area contributed by atoms with E-state index in [2.05, 4.69) is 33.2 Å². The Labute approximate surface area is 123 Å². The molecule has 106 valence electrons. The minimum atomic E-state index is -0.0229. The van der Waals surface area contributed by atoms with Gasteiger partial charge in [-0.15, -0.1) is 0 Å². The Morgan fingerprint density at radius 1 is 1.47 bits per heavy atom. The number of ether oxygens (including phenoxy) is 1. The molecule has 0 aliphatic carbocycles. The Hall–Kier alpha value is -1.23. The normalized spacial score (nSPS) is 13.1. The lowest BCUT2D eigenvalue weighted by atomic mass is 10.3. The smallest absolute Gasteiger partial charge is 0.188 e. The SMILES string of the molecule is CCCCNC(N)=NCC(C)Oc1ccccc1Br. The molecule has 19 heavy (non-hydrogen) atoms. The maximum atomic E-state index is 5.78. The lowest BCUT2D eigenvalue weighted by molar-refractivity contribution is 0.229. The molecule has 0 aliphatic heterocycles. The van der Waals surface area contributed by atoms with Gasteiger partial charge in [0, 0.05) is 6.54 Å². The van der Waals surface area contributed by atoms with Crippen molar-refractivity contribution < 1.29 is 4.74 Å². The number of nitrogens with two attached hydrogens (primary N) is 1. The summed E-state index contributed by atoms with van der Waals surface area (Å²) in [6.07, 6.45) is 2.21. The average molecular weight is 328 g/mol. The highest BCUT2D eigenvalue weighted by Crippen LogP contribution is 2.24. The highest BCUT2D eigenvalue weighted by atomic mass is 79.9. The molecule has 3 N–H and O–H groups in total. The molecule has 0 bridgehead atoms. The first-order valence-corrected chi connectivity index (χ1v) is 7.37. The zero-order valence-corrected chi connectivity index (χ0v) is 13.1. The van der Waals surface area contributed by atoms with Gasteiger partial charge in [0.15, 0.2) is 5.96 Å². The van der Waals surface area contributed by atoms with Gasteiger partial charge in [-0.2, -0.15) is 0 Å². The maximum Gasteiger partial charge on any atom is 0.188 e. The van der Waals surface area contributed by atoms with Crippen molar-refractivity contribution in [2.45, 2.75) is 32.8 Å². The summed E-state index contributed by atoms with van der Waals surface area (Å²) in [5.74, 6) is 1.30. The number of nitrogens with one attached hydrogen (secondary N) is 1. The molecule has 0 aliphatic rings. The van der Waals surface area contributed by atoms with Gasteiger partial charge in [0.1, 0.15) is 11.9 Å². The number of para-hydroxylation sites is 1. The van der Waals surface area contributed by atoms with E-state index in [1.54, 1.807) is 0 Å². The predicted octanol–water partition coefficient (Wildman–Crippen LogP) is 2.92. The number of hydrogen-bond acceptors (Lipinski definition) is 2. The van der Waals surface area contributed by atoms with Crippen LogP contribution in [0.2, 0.25) is 0 Å². The summed E-state index contributed by atoms with van der Waals surface area (Å²) < 4.78 is 6.73. The quantitative estimate of drug-likeness (QED) is 0.460. The predicted molar refractivity (Wildman–Crippen MR) is 83.6 cm³/mol. The third kappa shape index (κ3) is 6.47. The summed E-state index contributed by atoms with van der Waals surface area (Å²) in [5, 5.41) is 3.08. The standard InChI is InChI=1S/C14H22BrN3O/c1-3-4-9-17-14(16)18-10-11(2)19-13-8-6-5-7-12(13)15/h5-8,11H,3-4,9-10H2,1-2H3,(H3,16,17,18). The van der Waals surface area contributed by atoms with Gasteiger partial charge in [0.25, 0.3) is 0 Å². The van der Waals surface area contributed by atoms with Crippen LogP contribution < -0.4 is 15.8 Å². The van der Waals surface area contributed by atoms with Crippen LogP contribution in [0.3, 0.4) is 0 Å². The molecule has 1 rings (SSSR count). The summed E-state index contributed by atoms with van der Waals surface area (Å²) in [4.78, 5) is 4.26. The van der Waals surface area contributed by atoms with E-state index in [4.69, 9.17) is 10.5 Å². The van der Waals surface area contributed by atoms with Crippen LogP contribution in [0, 0.1) is 0 Å². The molecule has 0 saturated carbocycles. The summed E-state index contributed by atoms with van der Waals surface area (Å²) >= 11 is 3.45. The van der Waals surface area contributed by atoms with E-state index in [9.17, 15) is 0 Å². The van der Waals surface area contributed by atoms with Gasteiger partial charge in [0.05, 0.1) is 11.0 Å². The highest BCUT2D eigenvalue weighted by molar-refractivity contribution is 9.10. The van der Waals surface area contributed by atoms with Gasteiger partial charge >= 0.3 is 0 Å². The molecule has 1 aromatic carbocycles. The molecule has 0 heterocycles. The zero-order chi connectivity index (χ0) is 14.1. The molecular formula is C14H22BrN3O. The molecule has 5 heteroatoms. The number of aliphatic imine (C=N–C) groups is 1. The van der Waals surface area contributed by atoms with Crippen molar-refractivity contribution >= 4 is 21.9 Å². The van der Waals surface area contributed by atoms with Crippen molar-refractivity contribution in [2.24, 2.45) is 10.7 Å². The van der Waals surface area contributed by atoms with E-state index in [0.717, 1.165) is 29.6 Å². The Bertz CT molecular complexity index is 409. The number of halogens is 1. The number of benzene rings is 1. The van der Waals surface area contributed by atoms with Crippen LogP contribution in [0.25, 0.3) is 0 Å². The molecule has 0 spiro atoms. The minimum Gasteiger partial charge on any atom is -0.488 e. The molecule has 0 amide bonds. The van der Waals surface area contributed by atoms with Crippen molar-refractivity contribution in [3.8, 4) is 5.75 Å². The van der Waals surface area contributed by atoms with Gasteiger partial charge in [0.2, 0.25) is 0 Å². The third-order valence-electron chi connectivity index (χ3n) is 2.52. The highest BCUT2D eigenvalue weighted by Gasteiger charge is 2.06.